The summed E-state index contributed by atoms with van der Waals surface area (Å²) >= 11 is 0. The lowest BCUT2D eigenvalue weighted by atomic mass is 9.88. The fourth-order valence-electron chi connectivity index (χ4n) is 5.07. The molecule has 7 heteroatoms. The van der Waals surface area contributed by atoms with Gasteiger partial charge in [0.25, 0.3) is 0 Å². The van der Waals surface area contributed by atoms with Crippen molar-refractivity contribution in [3.05, 3.63) is 77.0 Å². The van der Waals surface area contributed by atoms with E-state index in [-0.39, 0.29) is 18.8 Å². The molecule has 0 saturated carbocycles. The van der Waals surface area contributed by atoms with Gasteiger partial charge in [-0.1, -0.05) is 6.07 Å². The number of fused-ring (bicyclic) bond motifs is 5. The Hall–Kier alpha value is -3.87. The van der Waals surface area contributed by atoms with E-state index in [9.17, 15) is 8.78 Å². The Kier molecular flexibility index (Phi) is 4.79. The topological polar surface area (TPSA) is 40.8 Å². The summed E-state index contributed by atoms with van der Waals surface area (Å²) in [5, 5.41) is 1.67. The molecule has 0 bridgehead atoms. The molecule has 4 aromatic rings. The summed E-state index contributed by atoms with van der Waals surface area (Å²) in [7, 11) is 3.18. The molecule has 1 aromatic heterocycles. The summed E-state index contributed by atoms with van der Waals surface area (Å²) in [5.74, 6) is 1.43. The first-order valence-corrected chi connectivity index (χ1v) is 11.0. The van der Waals surface area contributed by atoms with Crippen LogP contribution in [0.4, 0.5) is 8.78 Å². The van der Waals surface area contributed by atoms with Crippen molar-refractivity contribution in [3.63, 3.8) is 0 Å². The molecule has 0 aliphatic carbocycles. The standard InChI is InChI=1S/C27H22F2NO4/c1-31-23-7-6-16-18(11-19-21(28)4-3-5-22(19)29)26-17-12-25-24(33-14-34-25)10-15(17)8-9-30(26)13-20(16)27(23)32-2/h3-7,10,12-13H,8-9,11,14H2,1-2H3/q+1. The first kappa shape index (κ1) is 20.7. The Morgan fingerprint density at radius 3 is 2.41 bits per heavy atom. The Bertz CT molecular complexity index is 1450. The molecule has 172 valence electrons. The molecule has 0 radical (unpaired) electrons. The molecule has 0 fully saturated rings. The number of methoxy groups -OCH3 is 2. The monoisotopic (exact) mass is 462 g/mol. The van der Waals surface area contributed by atoms with E-state index >= 15 is 0 Å². The lowest BCUT2D eigenvalue weighted by molar-refractivity contribution is -0.686. The van der Waals surface area contributed by atoms with E-state index in [1.165, 1.54) is 18.2 Å². The van der Waals surface area contributed by atoms with Crippen molar-refractivity contribution in [1.29, 1.82) is 0 Å². The van der Waals surface area contributed by atoms with E-state index in [0.717, 1.165) is 45.3 Å². The number of hydrogen-bond donors (Lipinski definition) is 0. The number of halogens is 2. The number of benzene rings is 3. The molecule has 6 rings (SSSR count). The first-order chi connectivity index (χ1) is 16.6. The highest BCUT2D eigenvalue weighted by Crippen LogP contribution is 2.44. The number of pyridine rings is 1. The van der Waals surface area contributed by atoms with Gasteiger partial charge in [-0.3, -0.25) is 0 Å². The molecule has 0 amide bonds. The summed E-state index contributed by atoms with van der Waals surface area (Å²) in [6.07, 6.45) is 2.89. The predicted molar refractivity (Wildman–Crippen MR) is 122 cm³/mol. The van der Waals surface area contributed by atoms with Gasteiger partial charge in [-0.05, 0) is 42.0 Å². The van der Waals surface area contributed by atoms with Gasteiger partial charge in [-0.25, -0.2) is 8.78 Å². The quantitative estimate of drug-likeness (QED) is 0.402. The van der Waals surface area contributed by atoms with Crippen LogP contribution in [0.1, 0.15) is 16.7 Å². The van der Waals surface area contributed by atoms with E-state index in [1.54, 1.807) is 14.2 Å². The highest BCUT2D eigenvalue weighted by molar-refractivity contribution is 5.95. The zero-order valence-electron chi connectivity index (χ0n) is 18.8. The van der Waals surface area contributed by atoms with E-state index in [4.69, 9.17) is 18.9 Å². The third-order valence-corrected chi connectivity index (χ3v) is 6.66. The average Bonchev–Trinajstić information content (AvgIpc) is 3.31. The molecule has 34 heavy (non-hydrogen) atoms. The molecule has 0 unspecified atom stereocenters. The molecule has 0 saturated heterocycles. The molecule has 2 aliphatic heterocycles. The zero-order chi connectivity index (χ0) is 23.4. The predicted octanol–water partition coefficient (Wildman–Crippen LogP) is 4.97. The van der Waals surface area contributed by atoms with Gasteiger partial charge < -0.3 is 18.9 Å². The SMILES string of the molecule is COc1ccc2c(Cc3c(F)cccc3F)c3[n+](cc2c1OC)CCc1cc2c(cc1-3)OCO2. The number of ether oxygens (including phenoxy) is 4. The second kappa shape index (κ2) is 7.87. The lowest BCUT2D eigenvalue weighted by Gasteiger charge is -2.21. The maximum Gasteiger partial charge on any atom is 0.231 e. The summed E-state index contributed by atoms with van der Waals surface area (Å²) in [6, 6.07) is 11.7. The molecule has 0 N–H and O–H groups in total. The Morgan fingerprint density at radius 2 is 1.68 bits per heavy atom. The van der Waals surface area contributed by atoms with Gasteiger partial charge in [-0.2, -0.15) is 4.57 Å². The van der Waals surface area contributed by atoms with Crippen LogP contribution in [-0.2, 0) is 19.4 Å². The van der Waals surface area contributed by atoms with Gasteiger partial charge in [0.1, 0.15) is 11.6 Å². The third-order valence-electron chi connectivity index (χ3n) is 6.66. The fourth-order valence-corrected chi connectivity index (χ4v) is 5.07. The second-order valence-corrected chi connectivity index (χ2v) is 8.40. The van der Waals surface area contributed by atoms with Crippen LogP contribution in [0.15, 0.2) is 48.7 Å². The van der Waals surface area contributed by atoms with Crippen molar-refractivity contribution in [3.8, 4) is 34.3 Å². The van der Waals surface area contributed by atoms with Gasteiger partial charge in [0.2, 0.25) is 12.5 Å². The van der Waals surface area contributed by atoms with Gasteiger partial charge in [0.15, 0.2) is 35.7 Å². The molecule has 5 nitrogen and oxygen atoms in total. The van der Waals surface area contributed by atoms with Crippen molar-refractivity contribution < 1.29 is 32.3 Å². The van der Waals surface area contributed by atoms with Gasteiger partial charge in [-0.15, -0.1) is 0 Å². The van der Waals surface area contributed by atoms with Crippen molar-refractivity contribution in [2.24, 2.45) is 0 Å². The van der Waals surface area contributed by atoms with Crippen molar-refractivity contribution in [2.75, 3.05) is 21.0 Å². The molecule has 0 atom stereocenters. The van der Waals surface area contributed by atoms with E-state index in [0.29, 0.717) is 23.8 Å². The molecule has 2 aliphatic rings. The van der Waals surface area contributed by atoms with Crippen LogP contribution in [0.5, 0.6) is 23.0 Å². The van der Waals surface area contributed by atoms with Crippen LogP contribution < -0.4 is 23.5 Å². The zero-order valence-corrected chi connectivity index (χ0v) is 18.8. The number of rotatable bonds is 4. The summed E-state index contributed by atoms with van der Waals surface area (Å²) in [4.78, 5) is 0. The van der Waals surface area contributed by atoms with Gasteiger partial charge in [0.05, 0.1) is 25.2 Å². The largest absolute Gasteiger partial charge is 0.493 e. The Balaban J connectivity index is 1.68. The smallest absolute Gasteiger partial charge is 0.231 e. The van der Waals surface area contributed by atoms with Crippen LogP contribution >= 0.6 is 0 Å². The molecule has 3 aromatic carbocycles. The number of nitrogens with zero attached hydrogens (tertiary/aromatic N) is 1. The highest BCUT2D eigenvalue weighted by atomic mass is 19.1. The maximum atomic E-state index is 14.8. The number of aryl methyl sites for hydroxylation is 2. The maximum absolute atomic E-state index is 14.8. The minimum atomic E-state index is -0.571. The van der Waals surface area contributed by atoms with Crippen LogP contribution in [-0.4, -0.2) is 21.0 Å². The normalized spacial score (nSPS) is 13.5. The first-order valence-electron chi connectivity index (χ1n) is 11.0. The molecule has 3 heterocycles. The van der Waals surface area contributed by atoms with Crippen LogP contribution in [0.2, 0.25) is 0 Å². The fraction of sp³-hybridized carbons (Fsp3) is 0.222. The van der Waals surface area contributed by atoms with Crippen molar-refractivity contribution in [1.82, 2.24) is 0 Å². The second-order valence-electron chi connectivity index (χ2n) is 8.40. The Morgan fingerprint density at radius 1 is 0.912 bits per heavy atom. The molecule has 0 spiro atoms. The summed E-state index contributed by atoms with van der Waals surface area (Å²) in [6.45, 7) is 0.880. The lowest BCUT2D eigenvalue weighted by Crippen LogP contribution is -2.41. The van der Waals surface area contributed by atoms with Crippen LogP contribution in [0.25, 0.3) is 22.0 Å². The van der Waals surface area contributed by atoms with E-state index < -0.39 is 11.6 Å². The van der Waals surface area contributed by atoms with Gasteiger partial charge >= 0.3 is 0 Å². The van der Waals surface area contributed by atoms with Crippen LogP contribution in [0.3, 0.4) is 0 Å². The number of hydrogen-bond acceptors (Lipinski definition) is 4. The minimum absolute atomic E-state index is 0.0282. The molecular formula is C27H22F2NO4+. The summed E-state index contributed by atoms with van der Waals surface area (Å²) < 4.78 is 54.1. The van der Waals surface area contributed by atoms with Gasteiger partial charge in [0, 0.05) is 29.4 Å². The molecular weight excluding hydrogens is 440 g/mol. The summed E-state index contributed by atoms with van der Waals surface area (Å²) in [5.41, 5.74) is 3.82. The minimum Gasteiger partial charge on any atom is -0.493 e. The van der Waals surface area contributed by atoms with E-state index in [2.05, 4.69) is 4.57 Å². The van der Waals surface area contributed by atoms with Crippen molar-refractivity contribution >= 4 is 10.8 Å². The highest BCUT2D eigenvalue weighted by Gasteiger charge is 2.33. The third kappa shape index (κ3) is 3.07. The van der Waals surface area contributed by atoms with Crippen LogP contribution in [0, 0.1) is 11.6 Å². The Labute approximate surface area is 195 Å². The van der Waals surface area contributed by atoms with E-state index in [1.807, 2.05) is 30.5 Å². The average molecular weight is 462 g/mol. The number of aromatic nitrogens is 1. The van der Waals surface area contributed by atoms with Crippen molar-refractivity contribution in [2.45, 2.75) is 19.4 Å².